The summed E-state index contributed by atoms with van der Waals surface area (Å²) >= 11 is 0. The van der Waals surface area contributed by atoms with E-state index in [4.69, 9.17) is 4.74 Å². The smallest absolute Gasteiger partial charge is 0.317 e. The van der Waals surface area contributed by atoms with Crippen LogP contribution in [0.25, 0.3) is 0 Å². The van der Waals surface area contributed by atoms with Crippen molar-refractivity contribution in [3.63, 3.8) is 0 Å². The van der Waals surface area contributed by atoms with Gasteiger partial charge in [0.15, 0.2) is 0 Å². The van der Waals surface area contributed by atoms with Crippen LogP contribution in [0.3, 0.4) is 0 Å². The minimum Gasteiger partial charge on any atom is -0.497 e. The molecule has 4 aliphatic rings. The first-order valence-electron chi connectivity index (χ1n) is 11.8. The lowest BCUT2D eigenvalue weighted by Crippen LogP contribution is -2.61. The number of hydrogen-bond donors (Lipinski definition) is 1. The van der Waals surface area contributed by atoms with Crippen LogP contribution in [-0.2, 0) is 6.42 Å². The fourth-order valence-corrected chi connectivity index (χ4v) is 6.41. The second-order valence-electron chi connectivity index (χ2n) is 9.53. The third kappa shape index (κ3) is 3.84. The van der Waals surface area contributed by atoms with Crippen LogP contribution in [0.1, 0.15) is 44.1 Å². The van der Waals surface area contributed by atoms with Crippen LogP contribution in [0, 0.1) is 11.8 Å². The van der Waals surface area contributed by atoms with E-state index in [1.807, 2.05) is 12.1 Å². The minimum absolute atomic E-state index is 0.123. The minimum atomic E-state index is 0.123. The van der Waals surface area contributed by atoms with Crippen LogP contribution >= 0.6 is 0 Å². The molecular formula is C25H35N3O2. The maximum Gasteiger partial charge on any atom is 0.317 e. The first-order chi connectivity index (χ1) is 14.7. The zero-order valence-corrected chi connectivity index (χ0v) is 18.2. The molecule has 0 aromatic heterocycles. The van der Waals surface area contributed by atoms with Crippen molar-refractivity contribution in [2.24, 2.45) is 11.8 Å². The van der Waals surface area contributed by atoms with Gasteiger partial charge in [-0.2, -0.15) is 0 Å². The lowest BCUT2D eigenvalue weighted by Gasteiger charge is -2.54. The summed E-state index contributed by atoms with van der Waals surface area (Å²) in [7, 11) is 1.68. The van der Waals surface area contributed by atoms with E-state index in [2.05, 4.69) is 33.3 Å². The molecule has 5 heteroatoms. The monoisotopic (exact) mass is 409 g/mol. The lowest BCUT2D eigenvalue weighted by molar-refractivity contribution is 0.00793. The maximum atomic E-state index is 13.1. The van der Waals surface area contributed by atoms with Gasteiger partial charge in [0.25, 0.3) is 0 Å². The molecule has 2 amide bonds. The van der Waals surface area contributed by atoms with E-state index in [9.17, 15) is 4.79 Å². The molecule has 3 aliphatic heterocycles. The molecule has 0 spiro atoms. The van der Waals surface area contributed by atoms with E-state index < -0.39 is 0 Å². The molecule has 1 N–H and O–H groups in total. The summed E-state index contributed by atoms with van der Waals surface area (Å²) in [4.78, 5) is 18.0. The van der Waals surface area contributed by atoms with Gasteiger partial charge in [0.2, 0.25) is 0 Å². The fourth-order valence-electron chi connectivity index (χ4n) is 6.41. The number of carbonyl (C=O) groups excluding carboxylic acids is 1. The fraction of sp³-hybridized carbons (Fsp3) is 0.640. The van der Waals surface area contributed by atoms with Gasteiger partial charge in [-0.05, 0) is 74.6 Å². The number of benzene rings is 1. The summed E-state index contributed by atoms with van der Waals surface area (Å²) in [5.74, 6) is 2.19. The maximum absolute atomic E-state index is 13.1. The number of urea groups is 1. The van der Waals surface area contributed by atoms with Crippen LogP contribution in [0.4, 0.5) is 4.79 Å². The Labute approximate surface area is 180 Å². The Balaban J connectivity index is 1.23. The molecule has 0 radical (unpaired) electrons. The van der Waals surface area contributed by atoms with Gasteiger partial charge in [-0.1, -0.05) is 30.2 Å². The number of nitrogens with zero attached hydrogens (tertiary/aromatic N) is 2. The quantitative estimate of drug-likeness (QED) is 0.769. The van der Waals surface area contributed by atoms with Crippen molar-refractivity contribution >= 4 is 6.03 Å². The molecule has 5 nitrogen and oxygen atoms in total. The van der Waals surface area contributed by atoms with Gasteiger partial charge in [-0.3, -0.25) is 4.90 Å². The molecule has 1 aromatic rings. The van der Waals surface area contributed by atoms with Gasteiger partial charge in [-0.25, -0.2) is 4.79 Å². The highest BCUT2D eigenvalue weighted by Crippen LogP contribution is 2.44. The predicted molar refractivity (Wildman–Crippen MR) is 119 cm³/mol. The summed E-state index contributed by atoms with van der Waals surface area (Å²) in [6, 6.07) is 9.31. The van der Waals surface area contributed by atoms with Crippen molar-refractivity contribution in [3.8, 4) is 5.75 Å². The van der Waals surface area contributed by atoms with Gasteiger partial charge in [0, 0.05) is 25.7 Å². The molecule has 3 fully saturated rings. The van der Waals surface area contributed by atoms with Gasteiger partial charge in [-0.15, -0.1) is 0 Å². The Bertz CT molecular complexity index is 790. The van der Waals surface area contributed by atoms with E-state index in [-0.39, 0.29) is 6.03 Å². The Morgan fingerprint density at radius 1 is 1.17 bits per heavy atom. The van der Waals surface area contributed by atoms with Gasteiger partial charge >= 0.3 is 6.03 Å². The number of ether oxygens (including phenoxy) is 1. The zero-order chi connectivity index (χ0) is 20.5. The SMILES string of the molecule is COc1ccc(CCNC(=O)N2CCCC3=C[C@H]4C[C@H](CN5CCCC[C@@H]45)[C@@H]32)cc1. The van der Waals surface area contributed by atoms with Crippen molar-refractivity contribution in [2.75, 3.05) is 33.3 Å². The van der Waals surface area contributed by atoms with E-state index in [0.717, 1.165) is 31.2 Å². The molecule has 3 saturated heterocycles. The van der Waals surface area contributed by atoms with Crippen LogP contribution in [0.2, 0.25) is 0 Å². The average Bonchev–Trinajstić information content (AvgIpc) is 2.79. The predicted octanol–water partition coefficient (Wildman–Crippen LogP) is 3.84. The summed E-state index contributed by atoms with van der Waals surface area (Å²) in [6.07, 6.45) is 11.1. The molecule has 0 unspecified atom stereocenters. The molecule has 30 heavy (non-hydrogen) atoms. The molecular weight excluding hydrogens is 374 g/mol. The van der Waals surface area contributed by atoms with E-state index in [1.165, 1.54) is 50.8 Å². The second-order valence-corrected chi connectivity index (χ2v) is 9.53. The molecule has 0 saturated carbocycles. The first-order valence-corrected chi connectivity index (χ1v) is 11.8. The van der Waals surface area contributed by atoms with Crippen molar-refractivity contribution in [1.29, 1.82) is 0 Å². The number of methoxy groups -OCH3 is 1. The van der Waals surface area contributed by atoms with E-state index >= 15 is 0 Å². The summed E-state index contributed by atoms with van der Waals surface area (Å²) in [6.45, 7) is 4.00. The molecule has 4 atom stereocenters. The Morgan fingerprint density at radius 3 is 2.87 bits per heavy atom. The number of fused-ring (bicyclic) bond motifs is 6. The van der Waals surface area contributed by atoms with Crippen molar-refractivity contribution in [1.82, 2.24) is 15.1 Å². The highest BCUT2D eigenvalue weighted by molar-refractivity contribution is 5.75. The Hall–Kier alpha value is -2.01. The highest BCUT2D eigenvalue weighted by atomic mass is 16.5. The normalized spacial score (nSPS) is 30.7. The van der Waals surface area contributed by atoms with Crippen LogP contribution < -0.4 is 10.1 Å². The average molecular weight is 410 g/mol. The molecule has 3 heterocycles. The van der Waals surface area contributed by atoms with E-state index in [1.54, 1.807) is 12.7 Å². The van der Waals surface area contributed by atoms with Gasteiger partial charge in [0.05, 0.1) is 13.2 Å². The van der Waals surface area contributed by atoms with E-state index in [0.29, 0.717) is 24.4 Å². The molecule has 2 bridgehead atoms. The Morgan fingerprint density at radius 2 is 2.03 bits per heavy atom. The van der Waals surface area contributed by atoms with Gasteiger partial charge in [0.1, 0.15) is 5.75 Å². The number of carbonyl (C=O) groups is 1. The van der Waals surface area contributed by atoms with Gasteiger partial charge < -0.3 is 15.0 Å². The molecule has 5 rings (SSSR count). The number of rotatable bonds is 4. The summed E-state index contributed by atoms with van der Waals surface area (Å²) in [5.41, 5.74) is 2.78. The molecule has 1 aliphatic carbocycles. The third-order valence-corrected chi connectivity index (χ3v) is 7.77. The Kier molecular flexibility index (Phi) is 5.72. The number of hydrogen-bond acceptors (Lipinski definition) is 3. The van der Waals surface area contributed by atoms with Crippen LogP contribution in [0.15, 0.2) is 35.9 Å². The number of nitrogens with one attached hydrogen (secondary N) is 1. The third-order valence-electron chi connectivity index (χ3n) is 7.77. The lowest BCUT2D eigenvalue weighted by atomic mass is 9.68. The highest BCUT2D eigenvalue weighted by Gasteiger charge is 2.46. The topological polar surface area (TPSA) is 44.8 Å². The van der Waals surface area contributed by atoms with Crippen LogP contribution in [0.5, 0.6) is 5.75 Å². The molecule has 162 valence electrons. The van der Waals surface area contributed by atoms with Crippen molar-refractivity contribution < 1.29 is 9.53 Å². The number of likely N-dealkylation sites (tertiary alicyclic amines) is 1. The second kappa shape index (κ2) is 8.62. The van der Waals surface area contributed by atoms with Crippen LogP contribution in [-0.4, -0.2) is 61.2 Å². The standard InChI is InChI=1S/C25H35N3O2/c1-30-22-9-7-18(8-10-22)11-12-26-25(29)28-14-4-5-19-15-20-16-21(24(19)28)17-27-13-3-2-6-23(20)27/h7-10,15,20-21,23-24H,2-6,11-14,16-17H2,1H3,(H,26,29)/t20-,21+,23-,24+/m0/s1. The molecule has 1 aromatic carbocycles. The van der Waals surface area contributed by atoms with Crippen molar-refractivity contribution in [2.45, 2.75) is 57.0 Å². The summed E-state index contributed by atoms with van der Waals surface area (Å²) in [5, 5.41) is 3.21. The number of amides is 2. The zero-order valence-electron chi connectivity index (χ0n) is 18.2. The van der Waals surface area contributed by atoms with Crippen molar-refractivity contribution in [3.05, 3.63) is 41.5 Å². The first kappa shape index (κ1) is 19.9. The largest absolute Gasteiger partial charge is 0.497 e. The number of piperidine rings is 3. The summed E-state index contributed by atoms with van der Waals surface area (Å²) < 4.78 is 5.22.